The van der Waals surface area contributed by atoms with Crippen LogP contribution < -0.4 is 11.1 Å². The molecule has 0 unspecified atom stereocenters. The van der Waals surface area contributed by atoms with Crippen molar-refractivity contribution in [3.63, 3.8) is 0 Å². The van der Waals surface area contributed by atoms with Crippen molar-refractivity contribution >= 4 is 50.3 Å². The minimum Gasteiger partial charge on any atom is -0.398 e. The maximum Gasteiger partial charge on any atom is 0.248 e. The van der Waals surface area contributed by atoms with Crippen LogP contribution in [-0.2, 0) is 22.7 Å². The Morgan fingerprint density at radius 2 is 2.16 bits per heavy atom. The Morgan fingerprint density at radius 1 is 1.35 bits per heavy atom. The van der Waals surface area contributed by atoms with Crippen molar-refractivity contribution in [2.75, 3.05) is 17.6 Å². The van der Waals surface area contributed by atoms with Gasteiger partial charge < -0.3 is 25.6 Å². The van der Waals surface area contributed by atoms with Gasteiger partial charge in [-0.05, 0) is 46.5 Å². The number of hydrogen-bond donors (Lipinski definition) is 3. The van der Waals surface area contributed by atoms with Crippen LogP contribution in [0.2, 0.25) is 0 Å². The van der Waals surface area contributed by atoms with Crippen molar-refractivity contribution in [2.24, 2.45) is 5.92 Å². The minimum absolute atomic E-state index is 0.0417. The third kappa shape index (κ3) is 4.26. The zero-order valence-electron chi connectivity index (χ0n) is 17.0. The Kier molecular flexibility index (Phi) is 5.92. The first-order chi connectivity index (χ1) is 14.9. The molecule has 4 rings (SSSR count). The van der Waals surface area contributed by atoms with Crippen LogP contribution >= 0.6 is 15.9 Å². The topological polar surface area (TPSA) is 126 Å². The number of rotatable bonds is 5. The molecule has 4 N–H and O–H groups in total. The lowest BCUT2D eigenvalue weighted by Gasteiger charge is -2.24. The molecule has 1 fully saturated rings. The van der Waals surface area contributed by atoms with Gasteiger partial charge in [0.05, 0.1) is 6.61 Å². The van der Waals surface area contributed by atoms with Gasteiger partial charge in [-0.25, -0.2) is 9.97 Å². The molecule has 31 heavy (non-hydrogen) atoms. The van der Waals surface area contributed by atoms with Crippen LogP contribution in [0.5, 0.6) is 0 Å². The third-order valence-corrected chi connectivity index (χ3v) is 5.93. The molecular weight excluding hydrogens is 464 g/mol. The first kappa shape index (κ1) is 21.3. The van der Waals surface area contributed by atoms with E-state index < -0.39 is 6.04 Å². The van der Waals surface area contributed by atoms with Crippen LogP contribution in [0, 0.1) is 5.92 Å². The highest BCUT2D eigenvalue weighted by molar-refractivity contribution is 9.10. The summed E-state index contributed by atoms with van der Waals surface area (Å²) in [5.41, 5.74) is 7.65. The summed E-state index contributed by atoms with van der Waals surface area (Å²) in [5, 5.41) is 12.9. The van der Waals surface area contributed by atoms with Crippen molar-refractivity contribution in [1.82, 2.24) is 19.4 Å². The number of nitrogens with zero attached hydrogens (tertiary/aromatic N) is 4. The maximum absolute atomic E-state index is 13.1. The minimum atomic E-state index is -0.566. The normalized spacial score (nSPS) is 18.5. The number of amides is 2. The second-order valence-corrected chi connectivity index (χ2v) is 8.59. The lowest BCUT2D eigenvalue weighted by molar-refractivity contribution is -0.137. The molecule has 0 spiro atoms. The fourth-order valence-electron chi connectivity index (χ4n) is 3.95. The molecular formula is C21H23BrN6O3. The molecule has 9 nitrogen and oxygen atoms in total. The summed E-state index contributed by atoms with van der Waals surface area (Å²) < 4.78 is 2.33. The van der Waals surface area contributed by atoms with Crippen LogP contribution in [0.1, 0.15) is 18.9 Å². The van der Waals surface area contributed by atoms with E-state index in [0.717, 1.165) is 0 Å². The number of nitrogens with one attached hydrogen (secondary N) is 1. The molecule has 1 aliphatic heterocycles. The number of aliphatic hydroxyl groups excluding tert-OH is 1. The molecule has 3 aromatic heterocycles. The quantitative estimate of drug-likeness (QED) is 0.474. The van der Waals surface area contributed by atoms with Crippen LogP contribution in [0.3, 0.4) is 0 Å². The van der Waals surface area contributed by atoms with Crippen molar-refractivity contribution in [3.05, 3.63) is 46.8 Å². The standard InChI is InChI=1S/C21H23BrN6O3/c1-12-7-15(21(31)26-17-4-2-3-16(22)25-17)28(9-12)18(30)10-27-6-5-14-19(23)13(11-29)8-24-20(14)27/h2-6,8,12,15,29H,7,9-11H2,1H3,(H2,23,24)(H,25,26,31)/t12-,15+/m1/s1. The first-order valence-corrected chi connectivity index (χ1v) is 10.7. The predicted molar refractivity (Wildman–Crippen MR) is 120 cm³/mol. The highest BCUT2D eigenvalue weighted by Crippen LogP contribution is 2.27. The van der Waals surface area contributed by atoms with Crippen LogP contribution in [-0.4, -0.2) is 48.9 Å². The monoisotopic (exact) mass is 486 g/mol. The van der Waals surface area contributed by atoms with Gasteiger partial charge in [0.25, 0.3) is 0 Å². The van der Waals surface area contributed by atoms with E-state index in [-0.39, 0.29) is 30.9 Å². The Labute approximate surface area is 187 Å². The second-order valence-electron chi connectivity index (χ2n) is 7.77. The summed E-state index contributed by atoms with van der Waals surface area (Å²) in [7, 11) is 0. The van der Waals surface area contributed by atoms with E-state index >= 15 is 0 Å². The van der Waals surface area contributed by atoms with E-state index in [1.165, 1.54) is 6.20 Å². The SMILES string of the molecule is C[C@@H]1C[C@@H](C(=O)Nc2cccc(Br)n2)N(C(=O)Cn2ccc3c(N)c(CO)cnc32)C1. The van der Waals surface area contributed by atoms with Gasteiger partial charge in [0.1, 0.15) is 28.7 Å². The van der Waals surface area contributed by atoms with Gasteiger partial charge in [0.2, 0.25) is 11.8 Å². The number of carbonyl (C=O) groups is 2. The summed E-state index contributed by atoms with van der Waals surface area (Å²) >= 11 is 3.29. The van der Waals surface area contributed by atoms with E-state index in [0.29, 0.717) is 45.7 Å². The molecule has 2 amide bonds. The largest absolute Gasteiger partial charge is 0.398 e. The molecule has 4 heterocycles. The summed E-state index contributed by atoms with van der Waals surface area (Å²) in [6.07, 6.45) is 3.84. The molecule has 0 aromatic carbocycles. The summed E-state index contributed by atoms with van der Waals surface area (Å²) in [6.45, 7) is 2.37. The van der Waals surface area contributed by atoms with Crippen molar-refractivity contribution in [2.45, 2.75) is 32.5 Å². The lowest BCUT2D eigenvalue weighted by Crippen LogP contribution is -2.44. The van der Waals surface area contributed by atoms with Gasteiger partial charge in [0, 0.05) is 35.6 Å². The van der Waals surface area contributed by atoms with Crippen LogP contribution in [0.15, 0.2) is 41.3 Å². The number of fused-ring (bicyclic) bond motifs is 1. The molecule has 1 aliphatic rings. The fourth-order valence-corrected chi connectivity index (χ4v) is 4.29. The molecule has 0 saturated carbocycles. The number of nitrogen functional groups attached to an aromatic ring is 1. The van der Waals surface area contributed by atoms with Gasteiger partial charge in [0.15, 0.2) is 0 Å². The Morgan fingerprint density at radius 3 is 2.90 bits per heavy atom. The molecule has 2 atom stereocenters. The van der Waals surface area contributed by atoms with Crippen molar-refractivity contribution in [3.8, 4) is 0 Å². The van der Waals surface area contributed by atoms with E-state index in [1.807, 2.05) is 6.92 Å². The van der Waals surface area contributed by atoms with Crippen LogP contribution in [0.25, 0.3) is 11.0 Å². The Bertz CT molecular complexity index is 1150. The summed E-state index contributed by atoms with van der Waals surface area (Å²) in [4.78, 5) is 36.2. The van der Waals surface area contributed by atoms with E-state index in [4.69, 9.17) is 5.73 Å². The predicted octanol–water partition coefficient (Wildman–Crippen LogP) is 2.14. The number of halogens is 1. The number of carbonyl (C=O) groups excluding carboxylic acids is 2. The number of hydrogen-bond acceptors (Lipinski definition) is 6. The number of aliphatic hydroxyl groups is 1. The molecule has 0 bridgehead atoms. The molecule has 0 radical (unpaired) electrons. The Hall–Kier alpha value is -2.98. The van der Waals surface area contributed by atoms with Crippen LogP contribution in [0.4, 0.5) is 11.5 Å². The molecule has 1 saturated heterocycles. The van der Waals surface area contributed by atoms with Gasteiger partial charge in [-0.2, -0.15) is 0 Å². The fraction of sp³-hybridized carbons (Fsp3) is 0.333. The maximum atomic E-state index is 13.1. The number of aromatic nitrogens is 3. The van der Waals surface area contributed by atoms with E-state index in [2.05, 4.69) is 31.2 Å². The average Bonchev–Trinajstić information content (AvgIpc) is 3.32. The summed E-state index contributed by atoms with van der Waals surface area (Å²) in [5.74, 6) is 0.214. The Balaban J connectivity index is 1.52. The highest BCUT2D eigenvalue weighted by atomic mass is 79.9. The van der Waals surface area contributed by atoms with Gasteiger partial charge in [-0.15, -0.1) is 0 Å². The molecule has 10 heteroatoms. The second kappa shape index (κ2) is 8.64. The van der Waals surface area contributed by atoms with Crippen molar-refractivity contribution < 1.29 is 14.7 Å². The van der Waals surface area contributed by atoms with E-state index in [1.54, 1.807) is 39.9 Å². The van der Waals surface area contributed by atoms with E-state index in [9.17, 15) is 14.7 Å². The first-order valence-electron chi connectivity index (χ1n) is 9.93. The summed E-state index contributed by atoms with van der Waals surface area (Å²) in [6, 6.07) is 6.47. The number of anilines is 2. The number of likely N-dealkylation sites (tertiary alicyclic amines) is 1. The highest BCUT2D eigenvalue weighted by Gasteiger charge is 2.38. The van der Waals surface area contributed by atoms with Gasteiger partial charge in [-0.1, -0.05) is 13.0 Å². The average molecular weight is 487 g/mol. The molecule has 3 aromatic rings. The van der Waals surface area contributed by atoms with Gasteiger partial charge in [-0.3, -0.25) is 9.59 Å². The molecule has 162 valence electrons. The zero-order valence-corrected chi connectivity index (χ0v) is 18.5. The van der Waals surface area contributed by atoms with Crippen molar-refractivity contribution in [1.29, 1.82) is 0 Å². The number of nitrogens with two attached hydrogens (primary N) is 1. The third-order valence-electron chi connectivity index (χ3n) is 5.49. The molecule has 0 aliphatic carbocycles. The van der Waals surface area contributed by atoms with Gasteiger partial charge >= 0.3 is 0 Å². The lowest BCUT2D eigenvalue weighted by atomic mass is 10.1. The zero-order chi connectivity index (χ0) is 22.1. The number of pyridine rings is 2. The smallest absolute Gasteiger partial charge is 0.248 e.